The lowest BCUT2D eigenvalue weighted by atomic mass is 10.8. The zero-order valence-electron chi connectivity index (χ0n) is 4.44. The second-order valence-electron chi connectivity index (χ2n) is 1.25. The molecule has 0 radical (unpaired) electrons. The molecule has 0 saturated heterocycles. The lowest BCUT2D eigenvalue weighted by Crippen LogP contribution is -2.16. The highest BCUT2D eigenvalue weighted by Gasteiger charge is 2.32. The van der Waals surface area contributed by atoms with Crippen LogP contribution < -0.4 is 0 Å². The maximum absolute atomic E-state index is 11.7. The van der Waals surface area contributed by atoms with Gasteiger partial charge in [-0.05, 0) is 11.6 Å². The summed E-state index contributed by atoms with van der Waals surface area (Å²) in [5.74, 6) is -0.281. The molecular weight excluding hydrogens is 170 g/mol. The van der Waals surface area contributed by atoms with Crippen LogP contribution in [0.1, 0.15) is 0 Å². The van der Waals surface area contributed by atoms with Crippen molar-refractivity contribution in [3.63, 3.8) is 0 Å². The van der Waals surface area contributed by atoms with Gasteiger partial charge in [-0.25, -0.2) is 0 Å². The molecule has 0 spiro atoms. The van der Waals surface area contributed by atoms with Crippen LogP contribution in [0.5, 0.6) is 0 Å². The van der Waals surface area contributed by atoms with Crippen LogP contribution in [0.2, 0.25) is 0 Å². The molecule has 0 rings (SSSR count). The zero-order chi connectivity index (χ0) is 7.49. The largest absolute Gasteiger partial charge is 0.398 e. The first-order valence-corrected chi connectivity index (χ1v) is 3.74. The van der Waals surface area contributed by atoms with Crippen molar-refractivity contribution in [3.05, 3.63) is 12.7 Å². The van der Waals surface area contributed by atoms with E-state index in [-0.39, 0.29) is 5.75 Å². The minimum absolute atomic E-state index is 0.281. The fraction of sp³-hybridized carbons (Fsp3) is 0.500. The van der Waals surface area contributed by atoms with Gasteiger partial charge in [0.25, 0.3) is 0 Å². The van der Waals surface area contributed by atoms with Gasteiger partial charge in [0.2, 0.25) is 0 Å². The van der Waals surface area contributed by atoms with Crippen molar-refractivity contribution >= 4 is 22.4 Å². The molecule has 0 amide bonds. The molecule has 0 aromatic heterocycles. The Morgan fingerprint density at radius 3 is 2.33 bits per heavy atom. The van der Waals surface area contributed by atoms with Crippen LogP contribution in [-0.2, 0) is 10.8 Å². The molecule has 0 bridgehead atoms. The monoisotopic (exact) mass is 174 g/mol. The molecular formula is C4H5ClF2OS. The Morgan fingerprint density at radius 1 is 1.78 bits per heavy atom. The fourth-order valence-electron chi connectivity index (χ4n) is 0.202. The van der Waals surface area contributed by atoms with Gasteiger partial charge < -0.3 is 0 Å². The molecule has 0 aromatic carbocycles. The van der Waals surface area contributed by atoms with Crippen molar-refractivity contribution < 1.29 is 13.0 Å². The number of halogens is 3. The lowest BCUT2D eigenvalue weighted by molar-refractivity contribution is 0.195. The summed E-state index contributed by atoms with van der Waals surface area (Å²) in [6, 6.07) is 0. The predicted molar refractivity (Wildman–Crippen MR) is 34.0 cm³/mol. The van der Waals surface area contributed by atoms with Crippen molar-refractivity contribution in [2.45, 2.75) is 4.71 Å². The Hall–Kier alpha value is 0.0400. The number of rotatable bonds is 3. The van der Waals surface area contributed by atoms with Crippen LogP contribution in [0.3, 0.4) is 0 Å². The van der Waals surface area contributed by atoms with Crippen molar-refractivity contribution in [1.82, 2.24) is 0 Å². The molecule has 1 nitrogen and oxygen atoms in total. The molecule has 1 atom stereocenters. The van der Waals surface area contributed by atoms with E-state index in [2.05, 4.69) is 18.2 Å². The summed E-state index contributed by atoms with van der Waals surface area (Å²) >= 11 is 4.38. The summed E-state index contributed by atoms with van der Waals surface area (Å²) in [5, 5.41) is 0. The number of alkyl halides is 3. The average Bonchev–Trinajstić information content (AvgIpc) is 1.64. The zero-order valence-corrected chi connectivity index (χ0v) is 6.01. The minimum atomic E-state index is -3.62. The smallest absolute Gasteiger partial charge is 0.252 e. The molecule has 0 N–H and O–H groups in total. The molecule has 0 heterocycles. The van der Waals surface area contributed by atoms with Gasteiger partial charge in [0.1, 0.15) is 10.8 Å². The first kappa shape index (κ1) is 9.04. The molecule has 0 aliphatic carbocycles. The number of hydrogen-bond donors (Lipinski definition) is 0. The Morgan fingerprint density at radius 2 is 2.22 bits per heavy atom. The van der Waals surface area contributed by atoms with Crippen molar-refractivity contribution in [2.75, 3.05) is 5.75 Å². The Balaban J connectivity index is 3.88. The average molecular weight is 175 g/mol. The van der Waals surface area contributed by atoms with E-state index >= 15 is 0 Å². The van der Waals surface area contributed by atoms with Gasteiger partial charge in [-0.2, -0.15) is 8.78 Å². The summed E-state index contributed by atoms with van der Waals surface area (Å²) in [7, 11) is -2.32. The van der Waals surface area contributed by atoms with Gasteiger partial charge in [-0.3, -0.25) is 4.21 Å². The maximum Gasteiger partial charge on any atom is 0.398 e. The molecule has 0 fully saturated rings. The van der Waals surface area contributed by atoms with Gasteiger partial charge in [0.15, 0.2) is 0 Å². The van der Waals surface area contributed by atoms with Gasteiger partial charge >= 0.3 is 4.71 Å². The molecule has 0 aliphatic rings. The van der Waals surface area contributed by atoms with Crippen molar-refractivity contribution in [3.8, 4) is 0 Å². The van der Waals surface area contributed by atoms with Crippen LogP contribution in [0.15, 0.2) is 12.7 Å². The highest BCUT2D eigenvalue weighted by Crippen LogP contribution is 2.23. The van der Waals surface area contributed by atoms with Crippen molar-refractivity contribution in [2.24, 2.45) is 0 Å². The van der Waals surface area contributed by atoms with Crippen LogP contribution >= 0.6 is 11.6 Å². The quantitative estimate of drug-likeness (QED) is 0.470. The third-order valence-electron chi connectivity index (χ3n) is 0.527. The van der Waals surface area contributed by atoms with Crippen LogP contribution in [0, 0.1) is 0 Å². The Kier molecular flexibility index (Phi) is 3.28. The summed E-state index contributed by atoms with van der Waals surface area (Å²) in [4.78, 5) is 0. The first-order chi connectivity index (χ1) is 3.98. The van der Waals surface area contributed by atoms with Gasteiger partial charge in [-0.15, -0.1) is 6.58 Å². The maximum atomic E-state index is 11.7. The second-order valence-corrected chi connectivity index (χ2v) is 3.48. The van der Waals surface area contributed by atoms with Gasteiger partial charge in [0.05, 0.1) is 0 Å². The molecule has 54 valence electrons. The number of hydrogen-bond acceptors (Lipinski definition) is 1. The van der Waals surface area contributed by atoms with Crippen molar-refractivity contribution in [1.29, 1.82) is 0 Å². The highest BCUT2D eigenvalue weighted by atomic mass is 35.5. The predicted octanol–water partition coefficient (Wildman–Crippen LogP) is 1.71. The van der Waals surface area contributed by atoms with E-state index in [0.29, 0.717) is 0 Å². The van der Waals surface area contributed by atoms with E-state index in [9.17, 15) is 13.0 Å². The van der Waals surface area contributed by atoms with E-state index in [1.54, 1.807) is 0 Å². The molecule has 5 heteroatoms. The van der Waals surface area contributed by atoms with E-state index in [1.165, 1.54) is 0 Å². The lowest BCUT2D eigenvalue weighted by Gasteiger charge is -2.03. The molecule has 1 unspecified atom stereocenters. The Bertz CT molecular complexity index is 131. The van der Waals surface area contributed by atoms with Gasteiger partial charge in [0, 0.05) is 5.75 Å². The van der Waals surface area contributed by atoms with E-state index in [1.807, 2.05) is 0 Å². The second kappa shape index (κ2) is 3.27. The standard InChI is InChI=1S/C4H5ClF2OS/c1-2-3-9(8)4(5,6)7/h2H,1,3H2. The normalized spacial score (nSPS) is 15.0. The van der Waals surface area contributed by atoms with E-state index in [0.717, 1.165) is 6.08 Å². The van der Waals surface area contributed by atoms with Crippen LogP contribution in [0.4, 0.5) is 8.78 Å². The summed E-state index contributed by atoms with van der Waals surface area (Å²) in [6.45, 7) is 3.13. The molecule has 0 aromatic rings. The van der Waals surface area contributed by atoms with Crippen LogP contribution in [0.25, 0.3) is 0 Å². The topological polar surface area (TPSA) is 17.1 Å². The fourth-order valence-corrected chi connectivity index (χ4v) is 0.794. The first-order valence-electron chi connectivity index (χ1n) is 2.04. The molecule has 9 heavy (non-hydrogen) atoms. The highest BCUT2D eigenvalue weighted by molar-refractivity contribution is 7.87. The summed E-state index contributed by atoms with van der Waals surface area (Å²) in [5.41, 5.74) is 0. The van der Waals surface area contributed by atoms with Crippen LogP contribution in [-0.4, -0.2) is 14.7 Å². The molecule has 0 saturated carbocycles. The van der Waals surface area contributed by atoms with Gasteiger partial charge in [-0.1, -0.05) is 6.08 Å². The SMILES string of the molecule is C=CCS(=O)C(F)(F)Cl. The van der Waals surface area contributed by atoms with E-state index in [4.69, 9.17) is 0 Å². The minimum Gasteiger partial charge on any atom is -0.252 e. The third kappa shape index (κ3) is 3.59. The summed E-state index contributed by atoms with van der Waals surface area (Å²) < 4.78 is 30.0. The van der Waals surface area contributed by atoms with E-state index < -0.39 is 15.5 Å². The molecule has 0 aliphatic heterocycles. The third-order valence-corrected chi connectivity index (χ3v) is 2.10. The Labute approximate surface area is 59.2 Å². The summed E-state index contributed by atoms with van der Waals surface area (Å²) in [6.07, 6.45) is 1.13.